The van der Waals surface area contributed by atoms with Gasteiger partial charge in [-0.25, -0.2) is 0 Å². The lowest BCUT2D eigenvalue weighted by Crippen LogP contribution is -2.28. The average molecular weight is 384 g/mol. The minimum absolute atomic E-state index is 0.0271. The molecule has 1 aliphatic rings. The molecule has 6 nitrogen and oxygen atoms in total. The molecule has 1 aliphatic heterocycles. The predicted octanol–water partition coefficient (Wildman–Crippen LogP) is 3.21. The van der Waals surface area contributed by atoms with Crippen LogP contribution in [0.25, 0.3) is 0 Å². The molecule has 0 radical (unpaired) electrons. The lowest BCUT2D eigenvalue weighted by Gasteiger charge is -2.19. The van der Waals surface area contributed by atoms with Crippen LogP contribution in [0, 0.1) is 0 Å². The first-order valence-corrected chi connectivity index (χ1v) is 9.72. The van der Waals surface area contributed by atoms with E-state index in [2.05, 4.69) is 16.7 Å². The van der Waals surface area contributed by atoms with Gasteiger partial charge in [-0.3, -0.25) is 4.79 Å². The Hall–Kier alpha value is -2.73. The number of rotatable bonds is 8. The summed E-state index contributed by atoms with van der Waals surface area (Å²) in [6.07, 6.45) is 2.05. The van der Waals surface area contributed by atoms with Crippen LogP contribution in [-0.4, -0.2) is 32.8 Å². The van der Waals surface area contributed by atoms with E-state index >= 15 is 0 Å². The van der Waals surface area contributed by atoms with Crippen molar-refractivity contribution in [3.63, 3.8) is 0 Å². The van der Waals surface area contributed by atoms with Crippen molar-refractivity contribution in [2.24, 2.45) is 0 Å². The fraction of sp³-hybridized carbons (Fsp3) is 0.409. The molecule has 0 bridgehead atoms. The molecular formula is C22H28N2O4. The highest BCUT2D eigenvalue weighted by Gasteiger charge is 2.19. The summed E-state index contributed by atoms with van der Waals surface area (Å²) in [5.41, 5.74) is 2.29. The summed E-state index contributed by atoms with van der Waals surface area (Å²) in [6.45, 7) is 3.88. The summed E-state index contributed by atoms with van der Waals surface area (Å²) in [7, 11) is 1.60. The molecule has 2 aromatic rings. The molecule has 1 atom stereocenters. The van der Waals surface area contributed by atoms with Gasteiger partial charge in [-0.05, 0) is 43.5 Å². The molecule has 0 saturated heterocycles. The molecule has 28 heavy (non-hydrogen) atoms. The highest BCUT2D eigenvalue weighted by molar-refractivity contribution is 5.77. The molecule has 2 aromatic carbocycles. The number of benzene rings is 2. The first-order chi connectivity index (χ1) is 13.7. The largest absolute Gasteiger partial charge is 0.493 e. The number of methoxy groups -OCH3 is 1. The van der Waals surface area contributed by atoms with Crippen LogP contribution in [-0.2, 0) is 11.3 Å². The molecule has 3 rings (SSSR count). The third kappa shape index (κ3) is 5.16. The first kappa shape index (κ1) is 20.0. The molecule has 1 unspecified atom stereocenters. The smallest absolute Gasteiger partial charge is 0.257 e. The number of likely N-dealkylation sites (N-methyl/N-ethyl adjacent to an activating group) is 1. The topological polar surface area (TPSA) is 68.8 Å². The third-order valence-corrected chi connectivity index (χ3v) is 4.70. The van der Waals surface area contributed by atoms with E-state index in [1.807, 2.05) is 43.3 Å². The maximum atomic E-state index is 11.6. The van der Waals surface area contributed by atoms with Crippen LogP contribution in [0.5, 0.6) is 17.2 Å². The number of carbonyl (C=O) groups excluding carboxylic acids is 1. The summed E-state index contributed by atoms with van der Waals surface area (Å²) in [6, 6.07) is 14.2. The van der Waals surface area contributed by atoms with E-state index in [9.17, 15) is 4.79 Å². The summed E-state index contributed by atoms with van der Waals surface area (Å²) < 4.78 is 16.9. The number of carbonyl (C=O) groups is 1. The average Bonchev–Trinajstić information content (AvgIpc) is 2.93. The molecule has 0 fully saturated rings. The Morgan fingerprint density at radius 1 is 1.21 bits per heavy atom. The van der Waals surface area contributed by atoms with Gasteiger partial charge >= 0.3 is 0 Å². The van der Waals surface area contributed by atoms with Gasteiger partial charge in [0.25, 0.3) is 5.91 Å². The Balaban J connectivity index is 1.64. The molecule has 150 valence electrons. The lowest BCUT2D eigenvalue weighted by atomic mass is 10.0. The van der Waals surface area contributed by atoms with Gasteiger partial charge in [-0.2, -0.15) is 0 Å². The lowest BCUT2D eigenvalue weighted by molar-refractivity contribution is -0.123. The van der Waals surface area contributed by atoms with Gasteiger partial charge in [0.05, 0.1) is 13.7 Å². The molecule has 6 heteroatoms. The minimum atomic E-state index is -0.149. The number of nitrogens with one attached hydrogen (secondary N) is 2. The fourth-order valence-electron chi connectivity index (χ4n) is 3.31. The summed E-state index contributed by atoms with van der Waals surface area (Å²) in [4.78, 5) is 11.6. The number of hydrogen-bond donors (Lipinski definition) is 2. The monoisotopic (exact) mass is 384 g/mol. The zero-order valence-electron chi connectivity index (χ0n) is 16.5. The molecule has 0 spiro atoms. The molecule has 0 aliphatic carbocycles. The van der Waals surface area contributed by atoms with E-state index in [1.165, 1.54) is 5.56 Å². The highest BCUT2D eigenvalue weighted by Crippen LogP contribution is 2.32. The molecule has 0 aromatic heterocycles. The van der Waals surface area contributed by atoms with Gasteiger partial charge in [0, 0.05) is 24.7 Å². The van der Waals surface area contributed by atoms with Crippen LogP contribution >= 0.6 is 0 Å². The van der Waals surface area contributed by atoms with Crippen LogP contribution in [0.2, 0.25) is 0 Å². The van der Waals surface area contributed by atoms with Crippen LogP contribution < -0.4 is 24.8 Å². The van der Waals surface area contributed by atoms with Crippen molar-refractivity contribution in [3.8, 4) is 17.2 Å². The van der Waals surface area contributed by atoms with Gasteiger partial charge in [-0.1, -0.05) is 24.3 Å². The van der Waals surface area contributed by atoms with Gasteiger partial charge in [0.1, 0.15) is 5.75 Å². The van der Waals surface area contributed by atoms with E-state index < -0.39 is 0 Å². The van der Waals surface area contributed by atoms with Crippen molar-refractivity contribution < 1.29 is 19.0 Å². The Bertz CT molecular complexity index is 794. The van der Waals surface area contributed by atoms with Gasteiger partial charge < -0.3 is 24.8 Å². The number of amides is 1. The molecule has 0 saturated carbocycles. The van der Waals surface area contributed by atoms with Crippen molar-refractivity contribution in [1.82, 2.24) is 10.6 Å². The maximum absolute atomic E-state index is 11.6. The van der Waals surface area contributed by atoms with E-state index in [1.54, 1.807) is 7.11 Å². The Labute approximate surface area is 166 Å². The summed E-state index contributed by atoms with van der Waals surface area (Å²) >= 11 is 0. The Morgan fingerprint density at radius 2 is 2.07 bits per heavy atom. The van der Waals surface area contributed by atoms with Gasteiger partial charge in [0.15, 0.2) is 18.1 Å². The van der Waals surface area contributed by atoms with Crippen LogP contribution in [0.3, 0.4) is 0 Å². The fourth-order valence-corrected chi connectivity index (χ4v) is 3.31. The van der Waals surface area contributed by atoms with Crippen molar-refractivity contribution in [2.75, 3.05) is 26.9 Å². The van der Waals surface area contributed by atoms with E-state index in [4.69, 9.17) is 14.2 Å². The van der Waals surface area contributed by atoms with Crippen LogP contribution in [0.4, 0.5) is 0 Å². The Kier molecular flexibility index (Phi) is 7.14. The number of ether oxygens (including phenoxy) is 3. The van der Waals surface area contributed by atoms with E-state index in [0.717, 1.165) is 30.8 Å². The first-order valence-electron chi connectivity index (χ1n) is 9.72. The normalized spacial score (nSPS) is 15.7. The predicted molar refractivity (Wildman–Crippen MR) is 108 cm³/mol. The van der Waals surface area contributed by atoms with E-state index in [0.29, 0.717) is 24.6 Å². The van der Waals surface area contributed by atoms with Crippen molar-refractivity contribution in [3.05, 3.63) is 53.6 Å². The zero-order chi connectivity index (χ0) is 19.8. The summed E-state index contributed by atoms with van der Waals surface area (Å²) in [5, 5.41) is 6.34. The van der Waals surface area contributed by atoms with Gasteiger partial charge in [-0.15, -0.1) is 0 Å². The quantitative estimate of drug-likeness (QED) is 0.731. The summed E-state index contributed by atoms with van der Waals surface area (Å²) in [5.74, 6) is 1.99. The second-order valence-electron chi connectivity index (χ2n) is 6.69. The van der Waals surface area contributed by atoms with Crippen molar-refractivity contribution in [1.29, 1.82) is 0 Å². The third-order valence-electron chi connectivity index (χ3n) is 4.70. The number of fused-ring (bicyclic) bond motifs is 1. The van der Waals surface area contributed by atoms with Crippen molar-refractivity contribution >= 4 is 5.91 Å². The number of para-hydroxylation sites is 1. The molecule has 1 amide bonds. The second kappa shape index (κ2) is 9.99. The molecular weight excluding hydrogens is 356 g/mol. The minimum Gasteiger partial charge on any atom is -0.493 e. The second-order valence-corrected chi connectivity index (χ2v) is 6.69. The van der Waals surface area contributed by atoms with E-state index in [-0.39, 0.29) is 18.6 Å². The van der Waals surface area contributed by atoms with Crippen LogP contribution in [0.15, 0.2) is 42.5 Å². The Morgan fingerprint density at radius 3 is 2.89 bits per heavy atom. The SMILES string of the molecule is CCNC(=O)COc1ccc(CNC2CCCOc3ccccc32)cc1OC. The van der Waals surface area contributed by atoms with Gasteiger partial charge in [0.2, 0.25) is 0 Å². The highest BCUT2D eigenvalue weighted by atomic mass is 16.5. The molecule has 1 heterocycles. The zero-order valence-corrected chi connectivity index (χ0v) is 16.5. The molecule has 2 N–H and O–H groups in total. The van der Waals surface area contributed by atoms with Crippen molar-refractivity contribution in [2.45, 2.75) is 32.4 Å². The maximum Gasteiger partial charge on any atom is 0.257 e. The number of hydrogen-bond acceptors (Lipinski definition) is 5. The standard InChI is InChI=1S/C22H28N2O4/c1-3-23-22(25)15-28-20-11-10-16(13-21(20)26-2)14-24-18-8-6-12-27-19-9-5-4-7-17(18)19/h4-5,7,9-11,13,18,24H,3,6,8,12,14-15H2,1-2H3,(H,23,25). The van der Waals surface area contributed by atoms with Crippen LogP contribution in [0.1, 0.15) is 36.9 Å².